The van der Waals surface area contributed by atoms with Gasteiger partial charge in [-0.05, 0) is 17.7 Å². The van der Waals surface area contributed by atoms with Gasteiger partial charge in [-0.1, -0.05) is 13.0 Å². The largest absolute Gasteiger partial charge is 0.454 e. The van der Waals surface area contributed by atoms with Crippen molar-refractivity contribution in [3.05, 3.63) is 23.8 Å². The van der Waals surface area contributed by atoms with E-state index in [1.807, 2.05) is 6.07 Å². The van der Waals surface area contributed by atoms with E-state index in [-0.39, 0.29) is 12.7 Å². The fourth-order valence-corrected chi connectivity index (χ4v) is 1.55. The minimum Gasteiger partial charge on any atom is -0.454 e. The Morgan fingerprint density at radius 3 is 3.00 bits per heavy atom. The van der Waals surface area contributed by atoms with E-state index in [1.54, 1.807) is 25.1 Å². The van der Waals surface area contributed by atoms with Crippen molar-refractivity contribution in [2.75, 3.05) is 6.79 Å². The number of hydrogen-bond donors (Lipinski definition) is 1. The summed E-state index contributed by atoms with van der Waals surface area (Å²) in [7, 11) is 0. The summed E-state index contributed by atoms with van der Waals surface area (Å²) in [6.07, 6.45) is 0.350. The summed E-state index contributed by atoms with van der Waals surface area (Å²) in [5, 5.41) is 11.7. The van der Waals surface area contributed by atoms with Gasteiger partial charge in [-0.2, -0.15) is 5.26 Å². The Kier molecular flexibility index (Phi) is 3.15. The molecule has 1 aromatic rings. The van der Waals surface area contributed by atoms with Gasteiger partial charge in [0.15, 0.2) is 11.5 Å². The Morgan fingerprint density at radius 2 is 2.29 bits per heavy atom. The number of amides is 1. The van der Waals surface area contributed by atoms with Gasteiger partial charge in [0.2, 0.25) is 12.7 Å². The molecule has 0 fully saturated rings. The number of carbonyl (C=O) groups is 1. The zero-order valence-electron chi connectivity index (χ0n) is 9.40. The summed E-state index contributed by atoms with van der Waals surface area (Å²) in [6, 6.07) is 6.59. The number of nitrogens with one attached hydrogen (secondary N) is 1. The standard InChI is InChI=1S/C12H12N2O3/c1-2-12(15)14-9(6-13)8-3-4-10-11(5-8)17-7-16-10/h3-5,9H,2,7H2,1H3,(H,14,15). The first-order valence-corrected chi connectivity index (χ1v) is 5.33. The van der Waals surface area contributed by atoms with Crippen LogP contribution in [0, 0.1) is 11.3 Å². The van der Waals surface area contributed by atoms with E-state index >= 15 is 0 Å². The molecule has 1 heterocycles. The number of rotatable bonds is 3. The smallest absolute Gasteiger partial charge is 0.231 e. The van der Waals surface area contributed by atoms with Gasteiger partial charge in [0.25, 0.3) is 0 Å². The molecular formula is C12H12N2O3. The summed E-state index contributed by atoms with van der Waals surface area (Å²) in [5.74, 6) is 1.11. The van der Waals surface area contributed by atoms with E-state index in [0.29, 0.717) is 23.5 Å². The van der Waals surface area contributed by atoms with Crippen molar-refractivity contribution in [1.82, 2.24) is 5.32 Å². The lowest BCUT2D eigenvalue weighted by Gasteiger charge is -2.11. The molecule has 5 heteroatoms. The number of hydrogen-bond acceptors (Lipinski definition) is 4. The van der Waals surface area contributed by atoms with E-state index < -0.39 is 6.04 Å². The van der Waals surface area contributed by atoms with Gasteiger partial charge in [-0.15, -0.1) is 0 Å². The molecule has 1 atom stereocenters. The summed E-state index contributed by atoms with van der Waals surface area (Å²) in [6.45, 7) is 1.93. The second-order valence-electron chi connectivity index (χ2n) is 3.60. The fraction of sp³-hybridized carbons (Fsp3) is 0.333. The summed E-state index contributed by atoms with van der Waals surface area (Å²) in [4.78, 5) is 11.3. The number of ether oxygens (including phenoxy) is 2. The minimum absolute atomic E-state index is 0.158. The molecular weight excluding hydrogens is 220 g/mol. The van der Waals surface area contributed by atoms with Gasteiger partial charge in [0.05, 0.1) is 6.07 Å². The lowest BCUT2D eigenvalue weighted by Crippen LogP contribution is -2.26. The lowest BCUT2D eigenvalue weighted by atomic mass is 10.1. The van der Waals surface area contributed by atoms with E-state index in [0.717, 1.165) is 0 Å². The highest BCUT2D eigenvalue weighted by atomic mass is 16.7. The second-order valence-corrected chi connectivity index (χ2v) is 3.60. The van der Waals surface area contributed by atoms with Crippen LogP contribution in [0.15, 0.2) is 18.2 Å². The molecule has 0 bridgehead atoms. The number of nitrogens with zero attached hydrogens (tertiary/aromatic N) is 1. The maximum absolute atomic E-state index is 11.3. The van der Waals surface area contributed by atoms with Crippen LogP contribution in [0.4, 0.5) is 0 Å². The van der Waals surface area contributed by atoms with Gasteiger partial charge in [0.1, 0.15) is 6.04 Å². The molecule has 1 amide bonds. The topological polar surface area (TPSA) is 71.4 Å². The average Bonchev–Trinajstić information content (AvgIpc) is 2.82. The first kappa shape index (κ1) is 11.3. The molecule has 0 aliphatic carbocycles. The Labute approximate surface area is 98.9 Å². The zero-order valence-corrected chi connectivity index (χ0v) is 9.40. The van der Waals surface area contributed by atoms with Crippen molar-refractivity contribution < 1.29 is 14.3 Å². The molecule has 1 N–H and O–H groups in total. The van der Waals surface area contributed by atoms with Crippen LogP contribution >= 0.6 is 0 Å². The molecule has 0 saturated heterocycles. The van der Waals surface area contributed by atoms with Crippen molar-refractivity contribution in [1.29, 1.82) is 5.26 Å². The highest BCUT2D eigenvalue weighted by molar-refractivity contribution is 5.76. The molecule has 0 spiro atoms. The van der Waals surface area contributed by atoms with Crippen LogP contribution in [-0.2, 0) is 4.79 Å². The third-order valence-electron chi connectivity index (χ3n) is 2.49. The van der Waals surface area contributed by atoms with Gasteiger partial charge in [0, 0.05) is 6.42 Å². The lowest BCUT2D eigenvalue weighted by molar-refractivity contribution is -0.121. The fourth-order valence-electron chi connectivity index (χ4n) is 1.55. The molecule has 1 unspecified atom stereocenters. The summed E-state index contributed by atoms with van der Waals surface area (Å²) < 4.78 is 10.4. The first-order valence-electron chi connectivity index (χ1n) is 5.33. The van der Waals surface area contributed by atoms with Crippen LogP contribution in [0.1, 0.15) is 24.9 Å². The van der Waals surface area contributed by atoms with Crippen molar-refractivity contribution in [2.24, 2.45) is 0 Å². The molecule has 1 aliphatic rings. The van der Waals surface area contributed by atoms with Gasteiger partial charge in [-0.3, -0.25) is 4.79 Å². The van der Waals surface area contributed by atoms with Crippen molar-refractivity contribution in [3.63, 3.8) is 0 Å². The van der Waals surface area contributed by atoms with Crippen LogP contribution in [0.25, 0.3) is 0 Å². The number of benzene rings is 1. The predicted octanol–water partition coefficient (Wildman–Crippen LogP) is 1.51. The van der Waals surface area contributed by atoms with Crippen molar-refractivity contribution in [3.8, 4) is 17.6 Å². The Morgan fingerprint density at radius 1 is 1.53 bits per heavy atom. The molecule has 1 aliphatic heterocycles. The SMILES string of the molecule is CCC(=O)NC(C#N)c1ccc2c(c1)OCO2. The minimum atomic E-state index is -0.656. The number of nitriles is 1. The highest BCUT2D eigenvalue weighted by Gasteiger charge is 2.18. The third kappa shape index (κ3) is 2.31. The monoisotopic (exact) mass is 232 g/mol. The van der Waals surface area contributed by atoms with Crippen LogP contribution < -0.4 is 14.8 Å². The Hall–Kier alpha value is -2.22. The van der Waals surface area contributed by atoms with Crippen molar-refractivity contribution in [2.45, 2.75) is 19.4 Å². The maximum Gasteiger partial charge on any atom is 0.231 e. The molecule has 0 saturated carbocycles. The van der Waals surface area contributed by atoms with Crippen LogP contribution in [-0.4, -0.2) is 12.7 Å². The van der Waals surface area contributed by atoms with E-state index in [9.17, 15) is 4.79 Å². The average molecular weight is 232 g/mol. The van der Waals surface area contributed by atoms with E-state index in [4.69, 9.17) is 14.7 Å². The second kappa shape index (κ2) is 4.74. The molecule has 5 nitrogen and oxygen atoms in total. The maximum atomic E-state index is 11.3. The molecule has 0 aromatic heterocycles. The quantitative estimate of drug-likeness (QED) is 0.857. The molecule has 17 heavy (non-hydrogen) atoms. The normalized spacial score (nSPS) is 13.9. The predicted molar refractivity (Wildman–Crippen MR) is 59.4 cm³/mol. The van der Waals surface area contributed by atoms with Gasteiger partial charge in [-0.25, -0.2) is 0 Å². The van der Waals surface area contributed by atoms with E-state index in [1.165, 1.54) is 0 Å². The van der Waals surface area contributed by atoms with Gasteiger partial charge < -0.3 is 14.8 Å². The number of fused-ring (bicyclic) bond motifs is 1. The summed E-state index contributed by atoms with van der Waals surface area (Å²) >= 11 is 0. The number of carbonyl (C=O) groups excluding carboxylic acids is 1. The molecule has 0 radical (unpaired) electrons. The van der Waals surface area contributed by atoms with E-state index in [2.05, 4.69) is 5.32 Å². The van der Waals surface area contributed by atoms with Crippen LogP contribution in [0.5, 0.6) is 11.5 Å². The third-order valence-corrected chi connectivity index (χ3v) is 2.49. The molecule has 2 rings (SSSR count). The highest BCUT2D eigenvalue weighted by Crippen LogP contribution is 2.34. The van der Waals surface area contributed by atoms with Crippen LogP contribution in [0.2, 0.25) is 0 Å². The zero-order chi connectivity index (χ0) is 12.3. The molecule has 1 aromatic carbocycles. The van der Waals surface area contributed by atoms with Crippen molar-refractivity contribution >= 4 is 5.91 Å². The first-order chi connectivity index (χ1) is 8.24. The molecule has 88 valence electrons. The Bertz CT molecular complexity index is 479. The van der Waals surface area contributed by atoms with Crippen LogP contribution in [0.3, 0.4) is 0 Å². The van der Waals surface area contributed by atoms with Gasteiger partial charge >= 0.3 is 0 Å². The Balaban J connectivity index is 2.20. The summed E-state index contributed by atoms with van der Waals surface area (Å²) in [5.41, 5.74) is 0.693.